The molecule has 3 aliphatic heterocycles. The molecule has 81 heavy (non-hydrogen) atoms. The van der Waals surface area contributed by atoms with Gasteiger partial charge in [-0.3, -0.25) is 0 Å². The number of hydrogen-bond acceptors (Lipinski definition) is 18. The topological polar surface area (TPSA) is 215 Å². The molecule has 422 valence electrons. The summed E-state index contributed by atoms with van der Waals surface area (Å²) in [6, 6.07) is 35.1. The molecule has 18 nitrogen and oxygen atoms in total. The van der Waals surface area contributed by atoms with Gasteiger partial charge in [0.25, 0.3) is 0 Å². The number of nitrogens with zero attached hydrogens (tertiary/aromatic N) is 4. The number of pyridine rings is 3. The number of piperazine rings is 2. The van der Waals surface area contributed by atoms with Gasteiger partial charge in [0.15, 0.2) is 0 Å². The molecule has 3 aliphatic rings. The second-order valence-corrected chi connectivity index (χ2v) is 20.3. The SMILES string of the molecule is C1CNCCN1.COc1cccc(-c2cc3ccc(F)cc3oc2=O)n1.COc1cccc(-c2cc3ccc(N4CCNCC4)cc3oc2=O)n1.COc1cccc(B2OC(C)(C)C(C)(C)O2)n1.O=c1oc2cc(F)ccc2cc1Br. The van der Waals surface area contributed by atoms with E-state index < -0.39 is 35.6 Å². The Morgan fingerprint density at radius 2 is 0.938 bits per heavy atom. The lowest BCUT2D eigenvalue weighted by Crippen LogP contribution is -2.43. The fourth-order valence-corrected chi connectivity index (χ4v) is 8.65. The van der Waals surface area contributed by atoms with Crippen molar-refractivity contribution in [2.45, 2.75) is 38.9 Å². The van der Waals surface area contributed by atoms with E-state index >= 15 is 0 Å². The van der Waals surface area contributed by atoms with Crippen LogP contribution in [-0.2, 0) is 9.31 Å². The average Bonchev–Trinajstić information content (AvgIpc) is 3.77. The summed E-state index contributed by atoms with van der Waals surface area (Å²) in [6.45, 7) is 16.5. The Bertz CT molecular complexity index is 3770. The first-order valence-corrected chi connectivity index (χ1v) is 26.7. The molecule has 9 heterocycles. The Morgan fingerprint density at radius 3 is 1.42 bits per heavy atom. The number of ether oxygens (including phenoxy) is 3. The van der Waals surface area contributed by atoms with E-state index in [9.17, 15) is 23.2 Å². The maximum Gasteiger partial charge on any atom is 0.514 e. The molecule has 6 aromatic heterocycles. The van der Waals surface area contributed by atoms with Crippen LogP contribution in [0.1, 0.15) is 27.7 Å². The molecule has 0 bridgehead atoms. The minimum absolute atomic E-state index is 0.210. The van der Waals surface area contributed by atoms with Crippen molar-refractivity contribution in [3.8, 4) is 40.2 Å². The molecular formula is C59H61BBrF2N7O11. The first-order chi connectivity index (χ1) is 38.9. The summed E-state index contributed by atoms with van der Waals surface area (Å²) < 4.78 is 68.7. The number of nitrogens with one attached hydrogen (secondary N) is 3. The van der Waals surface area contributed by atoms with Crippen LogP contribution >= 0.6 is 15.9 Å². The molecular weight excluding hydrogens is 1110 g/mol. The molecule has 9 aromatic rings. The van der Waals surface area contributed by atoms with E-state index in [2.05, 4.69) is 57.8 Å². The van der Waals surface area contributed by atoms with Crippen molar-refractivity contribution >= 4 is 67.2 Å². The van der Waals surface area contributed by atoms with E-state index in [0.717, 1.165) is 69.0 Å². The molecule has 22 heteroatoms. The van der Waals surface area contributed by atoms with Gasteiger partial charge in [0.1, 0.15) is 32.9 Å². The van der Waals surface area contributed by atoms with Crippen LogP contribution in [0.15, 0.2) is 160 Å². The average molecular weight is 1170 g/mol. The molecule has 0 saturated carbocycles. The minimum atomic E-state index is -0.566. The maximum absolute atomic E-state index is 13.1. The lowest BCUT2D eigenvalue weighted by molar-refractivity contribution is 0.00578. The minimum Gasteiger partial charge on any atom is -0.481 e. The Balaban J connectivity index is 0.000000140. The van der Waals surface area contributed by atoms with Crippen molar-refractivity contribution in [1.82, 2.24) is 30.9 Å². The van der Waals surface area contributed by atoms with E-state index in [0.29, 0.717) is 61.0 Å². The first kappa shape index (κ1) is 59.3. The standard InChI is InChI=1S/C19H19N3O3.C15H10FNO3.C12H18BNO3.C9H4BrFO2.C4H10N2/c1-24-18-4-2-3-16(21-18)15-11-13-5-6-14(12-17(13)25-19(15)23)22-9-7-20-8-10-22;1-19-14-4-2-3-12(17-14)11-7-9-5-6-10(16)8-13(9)20-15(11)18;1-11(2)12(3,4)17-13(16-11)9-7-6-8-10(14-9)15-5;10-7-3-5-1-2-6(11)4-8(5)13-9(7)12;1-2-6-4-3-5-1/h2-6,11-12,20H,7-10H2,1H3;2-8H,1H3;6-8H,1-5H3;1-4H;5-6H,1-4H2. The summed E-state index contributed by atoms with van der Waals surface area (Å²) in [4.78, 5) is 50.6. The van der Waals surface area contributed by atoms with Crippen LogP contribution in [0, 0.1) is 11.6 Å². The summed E-state index contributed by atoms with van der Waals surface area (Å²) in [7, 11) is 4.20. The third-order valence-corrected chi connectivity index (χ3v) is 13.9. The summed E-state index contributed by atoms with van der Waals surface area (Å²) >= 11 is 3.03. The van der Waals surface area contributed by atoms with Gasteiger partial charge in [-0.1, -0.05) is 18.2 Å². The highest BCUT2D eigenvalue weighted by Gasteiger charge is 2.52. The van der Waals surface area contributed by atoms with Crippen molar-refractivity contribution < 1.29 is 45.6 Å². The van der Waals surface area contributed by atoms with Crippen molar-refractivity contribution in [3.63, 3.8) is 0 Å². The third-order valence-electron chi connectivity index (χ3n) is 13.4. The predicted molar refractivity (Wildman–Crippen MR) is 312 cm³/mol. The van der Waals surface area contributed by atoms with E-state index in [-0.39, 0.29) is 22.4 Å². The molecule has 3 N–H and O–H groups in total. The van der Waals surface area contributed by atoms with Crippen LogP contribution in [0.4, 0.5) is 14.5 Å². The summed E-state index contributed by atoms with van der Waals surface area (Å²) in [6.07, 6.45) is 0. The maximum atomic E-state index is 13.1. The molecule has 0 unspecified atom stereocenters. The Morgan fingerprint density at radius 1 is 0.519 bits per heavy atom. The zero-order valence-corrected chi connectivity index (χ0v) is 47.4. The van der Waals surface area contributed by atoms with Gasteiger partial charge in [-0.05, 0) is 116 Å². The van der Waals surface area contributed by atoms with Gasteiger partial charge in [0, 0.05) is 111 Å². The monoisotopic (exact) mass is 1170 g/mol. The largest absolute Gasteiger partial charge is 0.514 e. The molecule has 0 spiro atoms. The van der Waals surface area contributed by atoms with Gasteiger partial charge in [0.2, 0.25) is 17.6 Å². The van der Waals surface area contributed by atoms with E-state index in [4.69, 9.17) is 36.8 Å². The van der Waals surface area contributed by atoms with Crippen molar-refractivity contribution in [3.05, 3.63) is 175 Å². The number of anilines is 1. The normalized spacial score (nSPS) is 15.2. The highest BCUT2D eigenvalue weighted by atomic mass is 79.9. The van der Waals surface area contributed by atoms with Crippen molar-refractivity contribution in [1.29, 1.82) is 0 Å². The van der Waals surface area contributed by atoms with Crippen LogP contribution in [0.25, 0.3) is 55.4 Å². The van der Waals surface area contributed by atoms with Gasteiger partial charge < -0.3 is 57.6 Å². The van der Waals surface area contributed by atoms with E-state index in [1.54, 1.807) is 80.9 Å². The Kier molecular flexibility index (Phi) is 19.8. The summed E-state index contributed by atoms with van der Waals surface area (Å²) in [5, 5.41) is 12.0. The molecule has 0 aliphatic carbocycles. The van der Waals surface area contributed by atoms with Gasteiger partial charge >= 0.3 is 24.0 Å². The lowest BCUT2D eigenvalue weighted by atomic mass is 9.84. The molecule has 3 fully saturated rings. The number of hydrogen-bond donors (Lipinski definition) is 3. The van der Waals surface area contributed by atoms with Crippen LogP contribution < -0.4 is 57.5 Å². The third kappa shape index (κ3) is 15.3. The van der Waals surface area contributed by atoms with E-state index in [1.807, 2.05) is 58.0 Å². The van der Waals surface area contributed by atoms with Gasteiger partial charge in [-0.25, -0.2) is 38.1 Å². The van der Waals surface area contributed by atoms with E-state index in [1.165, 1.54) is 31.4 Å². The zero-order valence-electron chi connectivity index (χ0n) is 45.8. The fourth-order valence-electron chi connectivity index (χ4n) is 8.32. The molecule has 0 atom stereocenters. The number of fused-ring (bicyclic) bond motifs is 3. The van der Waals surface area contributed by atoms with Gasteiger partial charge in [-0.15, -0.1) is 0 Å². The fraction of sp³-hybridized carbons (Fsp3) is 0.288. The molecule has 3 saturated heterocycles. The molecule has 3 aromatic carbocycles. The van der Waals surface area contributed by atoms with Gasteiger partial charge in [0.05, 0.1) is 60.6 Å². The first-order valence-electron chi connectivity index (χ1n) is 25.9. The Hall–Kier alpha value is -7.86. The number of methoxy groups -OCH3 is 3. The second kappa shape index (κ2) is 27.1. The predicted octanol–water partition coefficient (Wildman–Crippen LogP) is 8.54. The zero-order chi connectivity index (χ0) is 57.7. The van der Waals surface area contributed by atoms with Crippen LogP contribution in [0.2, 0.25) is 0 Å². The van der Waals surface area contributed by atoms with Crippen molar-refractivity contribution in [2.24, 2.45) is 0 Å². The van der Waals surface area contributed by atoms with Crippen LogP contribution in [0.5, 0.6) is 17.6 Å². The summed E-state index contributed by atoms with van der Waals surface area (Å²) in [5.74, 6) is 0.565. The number of rotatable bonds is 7. The number of aromatic nitrogens is 3. The lowest BCUT2D eigenvalue weighted by Gasteiger charge is -2.32. The Labute approximate surface area is 474 Å². The summed E-state index contributed by atoms with van der Waals surface area (Å²) in [5.41, 5.74) is 2.45. The van der Waals surface area contributed by atoms with Gasteiger partial charge in [-0.2, -0.15) is 0 Å². The number of halogens is 3. The van der Waals surface area contributed by atoms with Crippen LogP contribution in [0.3, 0.4) is 0 Å². The highest BCUT2D eigenvalue weighted by molar-refractivity contribution is 9.10. The highest BCUT2D eigenvalue weighted by Crippen LogP contribution is 2.36. The molecule has 0 radical (unpaired) electrons. The molecule has 12 rings (SSSR count). The number of benzene rings is 3. The quantitative estimate of drug-likeness (QED) is 0.101. The van der Waals surface area contributed by atoms with Crippen LogP contribution in [-0.4, -0.2) is 107 Å². The van der Waals surface area contributed by atoms with Crippen molar-refractivity contribution in [2.75, 3.05) is 78.6 Å². The smallest absolute Gasteiger partial charge is 0.481 e. The molecule has 0 amide bonds. The second-order valence-electron chi connectivity index (χ2n) is 19.4.